The Labute approximate surface area is 125 Å². The molecule has 0 bridgehead atoms. The first-order chi connectivity index (χ1) is 10.00. The molecule has 1 heterocycles. The Balaban J connectivity index is 1.95. The van der Waals surface area contributed by atoms with Crippen LogP contribution in [0.1, 0.15) is 36.6 Å². The number of hydrogen-bond acceptors (Lipinski definition) is 3. The van der Waals surface area contributed by atoms with Crippen LogP contribution < -0.4 is 9.47 Å². The first-order valence-corrected chi connectivity index (χ1v) is 7.13. The molecule has 1 aliphatic rings. The maximum atomic E-state index is 10.6. The van der Waals surface area contributed by atoms with E-state index in [1.807, 2.05) is 42.5 Å². The van der Waals surface area contributed by atoms with Gasteiger partial charge in [-0.1, -0.05) is 24.3 Å². The number of benzene rings is 2. The van der Waals surface area contributed by atoms with E-state index in [9.17, 15) is 5.11 Å². The van der Waals surface area contributed by atoms with Crippen LogP contribution in [0.15, 0.2) is 42.5 Å². The first-order valence-electron chi connectivity index (χ1n) is 7.13. The highest BCUT2D eigenvalue weighted by atomic mass is 16.5. The van der Waals surface area contributed by atoms with Crippen molar-refractivity contribution in [2.75, 3.05) is 7.11 Å². The van der Waals surface area contributed by atoms with E-state index in [0.717, 1.165) is 28.9 Å². The molecule has 1 unspecified atom stereocenters. The van der Waals surface area contributed by atoms with E-state index in [1.54, 1.807) is 7.11 Å². The molecule has 1 aliphatic heterocycles. The molecule has 110 valence electrons. The smallest absolute Gasteiger partial charge is 0.125 e. The second-order valence-electron chi connectivity index (χ2n) is 6.05. The predicted molar refractivity (Wildman–Crippen MR) is 81.9 cm³/mol. The van der Waals surface area contributed by atoms with Crippen molar-refractivity contribution in [2.24, 2.45) is 0 Å². The predicted octanol–water partition coefficient (Wildman–Crippen LogP) is 3.49. The minimum atomic E-state index is -0.699. The monoisotopic (exact) mass is 284 g/mol. The Morgan fingerprint density at radius 1 is 1.19 bits per heavy atom. The van der Waals surface area contributed by atoms with Gasteiger partial charge in [-0.3, -0.25) is 0 Å². The molecule has 0 saturated heterocycles. The highest BCUT2D eigenvalue weighted by Crippen LogP contribution is 2.38. The summed E-state index contributed by atoms with van der Waals surface area (Å²) in [5, 5.41) is 10.6. The first kappa shape index (κ1) is 14.0. The highest BCUT2D eigenvalue weighted by molar-refractivity contribution is 5.46. The lowest BCUT2D eigenvalue weighted by Gasteiger charge is -2.16. The van der Waals surface area contributed by atoms with Crippen LogP contribution in [-0.2, 0) is 6.42 Å². The van der Waals surface area contributed by atoms with Crippen molar-refractivity contribution in [3.8, 4) is 11.5 Å². The van der Waals surface area contributed by atoms with Crippen molar-refractivity contribution in [1.82, 2.24) is 0 Å². The number of aliphatic hydroxyl groups excluding tert-OH is 1. The average Bonchev–Trinajstić information content (AvgIpc) is 2.79. The molecule has 0 aliphatic carbocycles. The van der Waals surface area contributed by atoms with Gasteiger partial charge in [0.1, 0.15) is 23.2 Å². The maximum Gasteiger partial charge on any atom is 0.125 e. The fraction of sp³-hybridized carbons (Fsp3) is 0.333. The van der Waals surface area contributed by atoms with Crippen LogP contribution in [0.25, 0.3) is 0 Å². The molecule has 3 nitrogen and oxygen atoms in total. The minimum Gasteiger partial charge on any atom is -0.496 e. The molecule has 0 saturated carbocycles. The molecular weight excluding hydrogens is 264 g/mol. The van der Waals surface area contributed by atoms with Gasteiger partial charge in [0.2, 0.25) is 0 Å². The van der Waals surface area contributed by atoms with Gasteiger partial charge in [-0.25, -0.2) is 0 Å². The summed E-state index contributed by atoms with van der Waals surface area (Å²) < 4.78 is 11.2. The summed E-state index contributed by atoms with van der Waals surface area (Å²) in [5.41, 5.74) is 2.61. The van der Waals surface area contributed by atoms with Crippen molar-refractivity contribution in [3.05, 3.63) is 59.2 Å². The van der Waals surface area contributed by atoms with Crippen LogP contribution in [0.4, 0.5) is 0 Å². The standard InChI is InChI=1S/C18H20O3/c1-18(2)11-13-10-12(8-9-15(13)21-18)17(19)14-6-4-5-7-16(14)20-3/h4-10,17,19H,11H2,1-3H3. The SMILES string of the molecule is COc1ccccc1C(O)c1ccc2c(c1)CC(C)(C)O2. The minimum absolute atomic E-state index is 0.170. The van der Waals surface area contributed by atoms with E-state index in [0.29, 0.717) is 5.75 Å². The van der Waals surface area contributed by atoms with Crippen molar-refractivity contribution >= 4 is 0 Å². The van der Waals surface area contributed by atoms with Gasteiger partial charge in [0.15, 0.2) is 0 Å². The van der Waals surface area contributed by atoms with E-state index in [1.165, 1.54) is 0 Å². The van der Waals surface area contributed by atoms with Crippen molar-refractivity contribution in [2.45, 2.75) is 32.0 Å². The van der Waals surface area contributed by atoms with Crippen molar-refractivity contribution < 1.29 is 14.6 Å². The summed E-state index contributed by atoms with van der Waals surface area (Å²) >= 11 is 0. The molecule has 0 amide bonds. The van der Waals surface area contributed by atoms with E-state index < -0.39 is 6.10 Å². The Hall–Kier alpha value is -2.00. The molecule has 1 N–H and O–H groups in total. The fourth-order valence-electron chi connectivity index (χ4n) is 2.87. The summed E-state index contributed by atoms with van der Waals surface area (Å²) in [5.74, 6) is 1.61. The Morgan fingerprint density at radius 2 is 1.95 bits per heavy atom. The maximum absolute atomic E-state index is 10.6. The second kappa shape index (κ2) is 5.08. The number of fused-ring (bicyclic) bond motifs is 1. The number of para-hydroxylation sites is 1. The Bertz CT molecular complexity index is 661. The van der Waals surface area contributed by atoms with Gasteiger partial charge in [0.25, 0.3) is 0 Å². The number of ether oxygens (including phenoxy) is 2. The molecule has 0 radical (unpaired) electrons. The lowest BCUT2D eigenvalue weighted by Crippen LogP contribution is -2.24. The Morgan fingerprint density at radius 3 is 2.71 bits per heavy atom. The van der Waals surface area contributed by atoms with Crippen LogP contribution in [0.3, 0.4) is 0 Å². The van der Waals surface area contributed by atoms with Crippen LogP contribution >= 0.6 is 0 Å². The molecule has 2 aromatic rings. The van der Waals surface area contributed by atoms with Crippen LogP contribution in [0.2, 0.25) is 0 Å². The van der Waals surface area contributed by atoms with Gasteiger partial charge in [0, 0.05) is 12.0 Å². The third kappa shape index (κ3) is 2.61. The summed E-state index contributed by atoms with van der Waals surface area (Å²) in [6.07, 6.45) is 0.157. The van der Waals surface area contributed by atoms with Gasteiger partial charge < -0.3 is 14.6 Å². The van der Waals surface area contributed by atoms with Gasteiger partial charge in [-0.15, -0.1) is 0 Å². The molecule has 0 fully saturated rings. The third-order valence-corrected chi connectivity index (χ3v) is 3.84. The van der Waals surface area contributed by atoms with E-state index in [-0.39, 0.29) is 5.60 Å². The second-order valence-corrected chi connectivity index (χ2v) is 6.05. The summed E-state index contributed by atoms with van der Waals surface area (Å²) in [7, 11) is 1.62. The number of rotatable bonds is 3. The summed E-state index contributed by atoms with van der Waals surface area (Å²) in [4.78, 5) is 0. The zero-order valence-corrected chi connectivity index (χ0v) is 12.6. The summed E-state index contributed by atoms with van der Waals surface area (Å²) in [6, 6.07) is 13.4. The quantitative estimate of drug-likeness (QED) is 0.937. The molecule has 21 heavy (non-hydrogen) atoms. The highest BCUT2D eigenvalue weighted by Gasteiger charge is 2.30. The van der Waals surface area contributed by atoms with Gasteiger partial charge in [-0.2, -0.15) is 0 Å². The van der Waals surface area contributed by atoms with Crippen molar-refractivity contribution in [3.63, 3.8) is 0 Å². The largest absolute Gasteiger partial charge is 0.496 e. The molecule has 1 atom stereocenters. The zero-order valence-electron chi connectivity index (χ0n) is 12.6. The average molecular weight is 284 g/mol. The molecule has 0 spiro atoms. The van der Waals surface area contributed by atoms with E-state index in [4.69, 9.17) is 9.47 Å². The molecule has 3 rings (SSSR count). The van der Waals surface area contributed by atoms with Crippen LogP contribution in [-0.4, -0.2) is 17.8 Å². The summed E-state index contributed by atoms with van der Waals surface area (Å²) in [6.45, 7) is 4.15. The van der Waals surface area contributed by atoms with Gasteiger partial charge in [0.05, 0.1) is 7.11 Å². The van der Waals surface area contributed by atoms with Crippen LogP contribution in [0.5, 0.6) is 11.5 Å². The van der Waals surface area contributed by atoms with Gasteiger partial charge >= 0.3 is 0 Å². The topological polar surface area (TPSA) is 38.7 Å². The molecule has 2 aromatic carbocycles. The lowest BCUT2D eigenvalue weighted by molar-refractivity contribution is 0.138. The van der Waals surface area contributed by atoms with E-state index >= 15 is 0 Å². The molecule has 3 heteroatoms. The Kier molecular flexibility index (Phi) is 3.38. The number of methoxy groups -OCH3 is 1. The normalized spacial score (nSPS) is 17.0. The third-order valence-electron chi connectivity index (χ3n) is 3.84. The van der Waals surface area contributed by atoms with Gasteiger partial charge in [-0.05, 0) is 43.2 Å². The molecular formula is C18H20O3. The zero-order chi connectivity index (χ0) is 15.0. The fourth-order valence-corrected chi connectivity index (χ4v) is 2.87. The number of hydrogen-bond donors (Lipinski definition) is 1. The van der Waals surface area contributed by atoms with E-state index in [2.05, 4.69) is 13.8 Å². The number of aliphatic hydroxyl groups is 1. The lowest BCUT2D eigenvalue weighted by atomic mass is 9.96. The molecule has 0 aromatic heterocycles. The van der Waals surface area contributed by atoms with Crippen molar-refractivity contribution in [1.29, 1.82) is 0 Å². The van der Waals surface area contributed by atoms with Crippen LogP contribution in [0, 0.1) is 0 Å².